The number of pyridine rings is 1. The Balaban J connectivity index is 0.000000375. The second-order valence-corrected chi connectivity index (χ2v) is 9.57. The standard InChI is InChI=1S/C29H20N.C5H8O2.Ir/c1-18-7-9-21-15-28(24-12-8-19(2)14-27(24)25(21)13-18)29-16-26-22(17-30-29)11-10-20-5-3-4-6-23(20)26;1-4(6)3-5(2)7;/h3-14,16-17H,1-2H3;3,6H,1-2H3;/q-1;;/b;4-3-;. The first-order valence-electron chi connectivity index (χ1n) is 12.3. The predicted molar refractivity (Wildman–Crippen MR) is 155 cm³/mol. The van der Waals surface area contributed by atoms with Crippen LogP contribution in [0.1, 0.15) is 25.0 Å². The fourth-order valence-corrected chi connectivity index (χ4v) is 4.82. The second kappa shape index (κ2) is 11.3. The molecular weight excluding hydrogens is 647 g/mol. The summed E-state index contributed by atoms with van der Waals surface area (Å²) in [4.78, 5) is 14.9. The van der Waals surface area contributed by atoms with Gasteiger partial charge in [0.05, 0.1) is 5.76 Å². The van der Waals surface area contributed by atoms with Crippen molar-refractivity contribution in [2.75, 3.05) is 0 Å². The third-order valence-electron chi connectivity index (χ3n) is 6.47. The number of fused-ring (bicyclic) bond motifs is 6. The van der Waals surface area contributed by atoms with E-state index in [1.807, 2.05) is 6.20 Å². The minimum atomic E-state index is -0.125. The molecule has 0 atom stereocenters. The molecular formula is C34H28IrNO2-. The molecule has 38 heavy (non-hydrogen) atoms. The van der Waals surface area contributed by atoms with Crippen molar-refractivity contribution in [1.82, 2.24) is 4.98 Å². The van der Waals surface area contributed by atoms with Crippen LogP contribution in [0.4, 0.5) is 0 Å². The molecule has 0 aliphatic rings. The maximum Gasteiger partial charge on any atom is 0.155 e. The number of rotatable bonds is 2. The Bertz CT molecular complexity index is 1850. The number of aromatic nitrogens is 1. The molecule has 0 spiro atoms. The van der Waals surface area contributed by atoms with E-state index in [2.05, 4.69) is 98.8 Å². The second-order valence-electron chi connectivity index (χ2n) is 9.57. The van der Waals surface area contributed by atoms with Crippen molar-refractivity contribution in [3.63, 3.8) is 0 Å². The van der Waals surface area contributed by atoms with Crippen LogP contribution in [0.25, 0.3) is 54.3 Å². The Hall–Kier alpha value is -3.85. The number of aryl methyl sites for hydroxylation is 2. The molecule has 4 heteroatoms. The van der Waals surface area contributed by atoms with E-state index in [0.717, 1.165) is 22.0 Å². The molecule has 6 aromatic rings. The van der Waals surface area contributed by atoms with E-state index in [0.29, 0.717) is 0 Å². The number of carbonyl (C=O) groups excluding carboxylic acids is 1. The molecule has 1 N–H and O–H groups in total. The van der Waals surface area contributed by atoms with Crippen LogP contribution in [0.5, 0.6) is 0 Å². The molecule has 0 unspecified atom stereocenters. The molecule has 1 radical (unpaired) electrons. The summed E-state index contributed by atoms with van der Waals surface area (Å²) in [6.07, 6.45) is 3.16. The molecule has 3 nitrogen and oxygen atoms in total. The minimum Gasteiger partial charge on any atom is -0.512 e. The number of hydrogen-bond acceptors (Lipinski definition) is 3. The topological polar surface area (TPSA) is 50.2 Å². The van der Waals surface area contributed by atoms with Crippen molar-refractivity contribution in [2.24, 2.45) is 0 Å². The number of nitrogens with zero attached hydrogens (tertiary/aromatic N) is 1. The molecule has 0 saturated heterocycles. The SMILES string of the molecule is CC(=O)/C=C(/C)O.Cc1ccc2[c-]c(-c3cc4c(ccc5ccccc54)cn3)c3ccc(C)cc3c2c1.[Ir]. The van der Waals surface area contributed by atoms with Crippen molar-refractivity contribution in [2.45, 2.75) is 27.7 Å². The third kappa shape index (κ3) is 5.52. The quantitative estimate of drug-likeness (QED) is 0.0865. The molecule has 0 saturated carbocycles. The van der Waals surface area contributed by atoms with E-state index >= 15 is 0 Å². The van der Waals surface area contributed by atoms with Gasteiger partial charge in [-0.1, -0.05) is 106 Å². The van der Waals surface area contributed by atoms with Crippen molar-refractivity contribution >= 4 is 48.9 Å². The van der Waals surface area contributed by atoms with E-state index in [9.17, 15) is 4.79 Å². The fourth-order valence-electron chi connectivity index (χ4n) is 4.82. The van der Waals surface area contributed by atoms with Gasteiger partial charge in [-0.3, -0.25) is 9.78 Å². The normalized spacial score (nSPS) is 11.3. The molecule has 0 bridgehead atoms. The number of ketones is 1. The number of benzene rings is 5. The first-order valence-corrected chi connectivity index (χ1v) is 12.3. The molecule has 1 aromatic heterocycles. The van der Waals surface area contributed by atoms with Gasteiger partial charge < -0.3 is 5.11 Å². The summed E-state index contributed by atoms with van der Waals surface area (Å²) >= 11 is 0. The summed E-state index contributed by atoms with van der Waals surface area (Å²) in [6, 6.07) is 32.0. The van der Waals surface area contributed by atoms with Gasteiger partial charge in [0.25, 0.3) is 0 Å². The molecule has 0 amide bonds. The summed E-state index contributed by atoms with van der Waals surface area (Å²) < 4.78 is 0. The van der Waals surface area contributed by atoms with Crippen LogP contribution in [-0.2, 0) is 24.9 Å². The monoisotopic (exact) mass is 675 g/mol. The molecule has 0 aliphatic heterocycles. The zero-order chi connectivity index (χ0) is 26.1. The van der Waals surface area contributed by atoms with E-state index < -0.39 is 0 Å². The molecule has 1 heterocycles. The maximum absolute atomic E-state index is 10.0. The van der Waals surface area contributed by atoms with Crippen molar-refractivity contribution in [3.8, 4) is 11.3 Å². The van der Waals surface area contributed by atoms with E-state index in [1.54, 1.807) is 0 Å². The van der Waals surface area contributed by atoms with Crippen LogP contribution < -0.4 is 0 Å². The zero-order valence-corrected chi connectivity index (χ0v) is 24.2. The van der Waals surface area contributed by atoms with Crippen molar-refractivity contribution < 1.29 is 30.0 Å². The number of hydrogen-bond donors (Lipinski definition) is 1. The zero-order valence-electron chi connectivity index (χ0n) is 21.8. The van der Waals surface area contributed by atoms with Crippen LogP contribution in [0.2, 0.25) is 0 Å². The molecule has 6 rings (SSSR count). The van der Waals surface area contributed by atoms with Gasteiger partial charge in [0, 0.05) is 38.1 Å². The summed E-state index contributed by atoms with van der Waals surface area (Å²) in [6.45, 7) is 7.14. The van der Waals surface area contributed by atoms with Crippen molar-refractivity contribution in [1.29, 1.82) is 0 Å². The van der Waals surface area contributed by atoms with Gasteiger partial charge in [-0.05, 0) is 49.2 Å². The third-order valence-corrected chi connectivity index (χ3v) is 6.47. The largest absolute Gasteiger partial charge is 0.512 e. The first-order chi connectivity index (χ1) is 17.8. The van der Waals surface area contributed by atoms with Crippen molar-refractivity contribution in [3.05, 3.63) is 114 Å². The van der Waals surface area contributed by atoms with Crippen LogP contribution in [0, 0.1) is 19.9 Å². The van der Waals surface area contributed by atoms with E-state index in [-0.39, 0.29) is 31.6 Å². The number of allylic oxidation sites excluding steroid dienone is 2. The van der Waals surface area contributed by atoms with Crippen LogP contribution in [-0.4, -0.2) is 15.9 Å². The molecule has 191 valence electrons. The summed E-state index contributed by atoms with van der Waals surface area (Å²) in [5.41, 5.74) is 4.56. The summed E-state index contributed by atoms with van der Waals surface area (Å²) in [5, 5.41) is 18.1. The maximum atomic E-state index is 10.0. The number of aliphatic hydroxyl groups is 1. The molecule has 0 fully saturated rings. The van der Waals surface area contributed by atoms with Crippen LogP contribution >= 0.6 is 0 Å². The smallest absolute Gasteiger partial charge is 0.155 e. The van der Waals surface area contributed by atoms with Gasteiger partial charge in [0.1, 0.15) is 0 Å². The Morgan fingerprint density at radius 2 is 1.45 bits per heavy atom. The Morgan fingerprint density at radius 1 is 0.763 bits per heavy atom. The molecule has 5 aromatic carbocycles. The summed E-state index contributed by atoms with van der Waals surface area (Å²) in [7, 11) is 0. The fraction of sp³-hybridized carbons (Fsp3) is 0.118. The van der Waals surface area contributed by atoms with E-state index in [4.69, 9.17) is 10.1 Å². The average molecular weight is 675 g/mol. The van der Waals surface area contributed by atoms with E-state index in [1.165, 1.54) is 63.4 Å². The van der Waals surface area contributed by atoms with Gasteiger partial charge in [0.15, 0.2) is 5.78 Å². The Kier molecular flexibility index (Phi) is 8.06. The Labute approximate surface area is 236 Å². The number of carbonyl (C=O) groups is 1. The molecule has 0 aliphatic carbocycles. The van der Waals surface area contributed by atoms with Gasteiger partial charge in [-0.15, -0.1) is 17.5 Å². The van der Waals surface area contributed by atoms with Crippen LogP contribution in [0.15, 0.2) is 96.9 Å². The minimum absolute atomic E-state index is 0. The van der Waals surface area contributed by atoms with Gasteiger partial charge >= 0.3 is 0 Å². The Morgan fingerprint density at radius 3 is 2.16 bits per heavy atom. The van der Waals surface area contributed by atoms with Gasteiger partial charge in [0.2, 0.25) is 0 Å². The summed E-state index contributed by atoms with van der Waals surface area (Å²) in [5.74, 6) is -0.0625. The first kappa shape index (κ1) is 27.2. The number of aliphatic hydroxyl groups excluding tert-OH is 1. The average Bonchev–Trinajstić information content (AvgIpc) is 2.87. The van der Waals surface area contributed by atoms with Gasteiger partial charge in [-0.25, -0.2) is 0 Å². The van der Waals surface area contributed by atoms with Gasteiger partial charge in [-0.2, -0.15) is 0 Å². The predicted octanol–water partition coefficient (Wildman–Crippen LogP) is 8.81. The van der Waals surface area contributed by atoms with Crippen LogP contribution in [0.3, 0.4) is 0 Å².